The van der Waals surface area contributed by atoms with E-state index in [1.54, 1.807) is 19.0 Å². The standard InChI is InChI=1S/C13H15NO7S2.Na/c1-14(2)11-6-9(22(15,16)17)4-8-5-10(23(18,19)20)7-12(21-3)13(8)11;/h4-7H,1-3H3,(H,15,16,17)(H,18,19,20);. The largest absolute Gasteiger partial charge is 0.496 e. The van der Waals surface area contributed by atoms with Crippen molar-refractivity contribution in [3.63, 3.8) is 0 Å². The first-order valence-corrected chi connectivity index (χ1v) is 9.11. The Labute approximate surface area is 162 Å². The third-order valence-corrected chi connectivity index (χ3v) is 4.90. The van der Waals surface area contributed by atoms with Crippen molar-refractivity contribution in [3.8, 4) is 5.75 Å². The summed E-state index contributed by atoms with van der Waals surface area (Å²) in [5.41, 5.74) is 0.397. The number of anilines is 1. The first-order chi connectivity index (χ1) is 10.4. The zero-order chi connectivity index (χ0) is 17.6. The molecule has 0 saturated carbocycles. The second-order valence-corrected chi connectivity index (χ2v) is 7.85. The number of hydrogen-bond donors (Lipinski definition) is 2. The van der Waals surface area contributed by atoms with Crippen LogP contribution in [0.3, 0.4) is 0 Å². The van der Waals surface area contributed by atoms with Crippen LogP contribution in [0.5, 0.6) is 5.75 Å². The summed E-state index contributed by atoms with van der Waals surface area (Å²) in [6.07, 6.45) is 0. The Morgan fingerprint density at radius 3 is 1.75 bits per heavy atom. The van der Waals surface area contributed by atoms with Gasteiger partial charge < -0.3 is 9.64 Å². The van der Waals surface area contributed by atoms with E-state index in [4.69, 9.17) is 4.74 Å². The molecule has 0 aliphatic carbocycles. The van der Waals surface area contributed by atoms with Gasteiger partial charge in [-0.05, 0) is 23.6 Å². The van der Waals surface area contributed by atoms with Crippen LogP contribution in [0.15, 0.2) is 34.1 Å². The second-order valence-electron chi connectivity index (χ2n) is 5.01. The van der Waals surface area contributed by atoms with Gasteiger partial charge in [-0.1, -0.05) is 0 Å². The smallest absolute Gasteiger partial charge is 0.294 e. The van der Waals surface area contributed by atoms with Crippen LogP contribution in [0.4, 0.5) is 5.69 Å². The Morgan fingerprint density at radius 1 is 0.917 bits per heavy atom. The molecule has 0 aliphatic rings. The van der Waals surface area contributed by atoms with E-state index in [1.165, 1.54) is 13.2 Å². The Balaban J connectivity index is 0.00000288. The van der Waals surface area contributed by atoms with Gasteiger partial charge in [-0.15, -0.1) is 0 Å². The maximum Gasteiger partial charge on any atom is 0.294 e. The second kappa shape index (κ2) is 7.16. The maximum atomic E-state index is 11.4. The van der Waals surface area contributed by atoms with Gasteiger partial charge >= 0.3 is 0 Å². The SMILES string of the molecule is COc1cc(S(=O)(=O)O)cc2cc(S(=O)(=O)O)cc(N(C)C)c12.[Na]. The predicted molar refractivity (Wildman–Crippen MR) is 90.2 cm³/mol. The quantitative estimate of drug-likeness (QED) is 0.592. The van der Waals surface area contributed by atoms with E-state index in [0.29, 0.717) is 11.1 Å². The minimum atomic E-state index is -4.51. The van der Waals surface area contributed by atoms with Gasteiger partial charge in [0, 0.05) is 60.8 Å². The predicted octanol–water partition coefficient (Wildman–Crippen LogP) is 1.03. The summed E-state index contributed by atoms with van der Waals surface area (Å²) >= 11 is 0. The van der Waals surface area contributed by atoms with E-state index in [2.05, 4.69) is 0 Å². The van der Waals surface area contributed by atoms with Gasteiger partial charge in [-0.3, -0.25) is 9.11 Å². The minimum Gasteiger partial charge on any atom is -0.496 e. The summed E-state index contributed by atoms with van der Waals surface area (Å²) in [6, 6.07) is 4.59. The van der Waals surface area contributed by atoms with Crippen molar-refractivity contribution in [1.82, 2.24) is 0 Å². The van der Waals surface area contributed by atoms with Gasteiger partial charge in [0.15, 0.2) is 0 Å². The summed E-state index contributed by atoms with van der Waals surface area (Å²) in [7, 11) is -4.39. The third kappa shape index (κ3) is 4.20. The molecule has 0 bridgehead atoms. The first kappa shape index (κ1) is 21.2. The number of hydrogen-bond acceptors (Lipinski definition) is 6. The molecule has 2 rings (SSSR count). The molecular weight excluding hydrogens is 369 g/mol. The van der Waals surface area contributed by atoms with Crippen molar-refractivity contribution in [2.75, 3.05) is 26.1 Å². The normalized spacial score (nSPS) is 11.9. The Bertz CT molecular complexity index is 980. The monoisotopic (exact) mass is 384 g/mol. The van der Waals surface area contributed by atoms with E-state index in [1.807, 2.05) is 0 Å². The van der Waals surface area contributed by atoms with Gasteiger partial charge in [0.1, 0.15) is 5.75 Å². The van der Waals surface area contributed by atoms with Crippen LogP contribution in [0.2, 0.25) is 0 Å². The molecule has 0 heterocycles. The Morgan fingerprint density at radius 2 is 1.38 bits per heavy atom. The number of nitrogens with zero attached hydrogens (tertiary/aromatic N) is 1. The summed E-state index contributed by atoms with van der Waals surface area (Å²) in [4.78, 5) is 0.745. The number of methoxy groups -OCH3 is 1. The van der Waals surface area contributed by atoms with Gasteiger partial charge in [0.2, 0.25) is 0 Å². The Kier molecular flexibility index (Phi) is 6.31. The molecule has 0 fully saturated rings. The van der Waals surface area contributed by atoms with E-state index in [0.717, 1.165) is 18.2 Å². The van der Waals surface area contributed by atoms with Crippen molar-refractivity contribution >= 4 is 66.3 Å². The zero-order valence-corrected chi connectivity index (χ0v) is 17.1. The molecule has 0 amide bonds. The van der Waals surface area contributed by atoms with Crippen LogP contribution >= 0.6 is 0 Å². The number of benzene rings is 2. The van der Waals surface area contributed by atoms with Crippen molar-refractivity contribution in [2.24, 2.45) is 0 Å². The fraction of sp³-hybridized carbons (Fsp3) is 0.231. The maximum absolute atomic E-state index is 11.4. The average Bonchev–Trinajstić information content (AvgIpc) is 2.42. The number of ether oxygens (including phenoxy) is 1. The fourth-order valence-corrected chi connectivity index (χ4v) is 3.28. The van der Waals surface area contributed by atoms with Crippen LogP contribution < -0.4 is 9.64 Å². The van der Waals surface area contributed by atoms with Crippen molar-refractivity contribution in [1.29, 1.82) is 0 Å². The molecule has 8 nitrogen and oxygen atoms in total. The van der Waals surface area contributed by atoms with Gasteiger partial charge in [0.25, 0.3) is 20.2 Å². The summed E-state index contributed by atoms with van der Waals surface area (Å²) < 4.78 is 69.2. The number of fused-ring (bicyclic) bond motifs is 1. The summed E-state index contributed by atoms with van der Waals surface area (Å²) in [5, 5.41) is 0.619. The molecule has 2 N–H and O–H groups in total. The summed E-state index contributed by atoms with van der Waals surface area (Å²) in [6.45, 7) is 0. The molecule has 0 aliphatic heterocycles. The van der Waals surface area contributed by atoms with Crippen LogP contribution in [0.1, 0.15) is 0 Å². The molecule has 2 aromatic carbocycles. The molecule has 0 saturated heterocycles. The number of rotatable bonds is 4. The molecule has 24 heavy (non-hydrogen) atoms. The van der Waals surface area contributed by atoms with Crippen LogP contribution in [-0.2, 0) is 20.2 Å². The van der Waals surface area contributed by atoms with E-state index < -0.39 is 30.0 Å². The Hall–Kier alpha value is -0.880. The molecule has 11 heteroatoms. The van der Waals surface area contributed by atoms with E-state index in [9.17, 15) is 25.9 Å². The molecule has 1 radical (unpaired) electrons. The minimum absolute atomic E-state index is 0. The average molecular weight is 384 g/mol. The van der Waals surface area contributed by atoms with E-state index >= 15 is 0 Å². The molecular formula is C13H15NNaO7S2. The fourth-order valence-electron chi connectivity index (χ4n) is 2.21. The zero-order valence-electron chi connectivity index (χ0n) is 13.5. The van der Waals surface area contributed by atoms with Gasteiger partial charge in [-0.2, -0.15) is 16.8 Å². The van der Waals surface area contributed by atoms with Crippen molar-refractivity contribution in [3.05, 3.63) is 24.3 Å². The van der Waals surface area contributed by atoms with Gasteiger partial charge in [-0.25, -0.2) is 0 Å². The molecule has 0 spiro atoms. The molecule has 2 aromatic rings. The molecule has 0 aromatic heterocycles. The van der Waals surface area contributed by atoms with Crippen molar-refractivity contribution in [2.45, 2.75) is 9.79 Å². The van der Waals surface area contributed by atoms with E-state index in [-0.39, 0.29) is 40.7 Å². The molecule has 127 valence electrons. The first-order valence-electron chi connectivity index (χ1n) is 6.23. The summed E-state index contributed by atoms with van der Waals surface area (Å²) in [5.74, 6) is 0.140. The van der Waals surface area contributed by atoms with Crippen LogP contribution in [0, 0.1) is 0 Å². The molecule has 0 unspecified atom stereocenters. The molecule has 0 atom stereocenters. The van der Waals surface area contributed by atoms with Crippen molar-refractivity contribution < 1.29 is 30.7 Å². The van der Waals surface area contributed by atoms with Gasteiger partial charge in [0.05, 0.1) is 16.9 Å². The topological polar surface area (TPSA) is 121 Å². The third-order valence-electron chi connectivity index (χ3n) is 3.24. The van der Waals surface area contributed by atoms with Crippen LogP contribution in [0.25, 0.3) is 10.8 Å². The van der Waals surface area contributed by atoms with Crippen LogP contribution in [-0.4, -0.2) is 76.7 Å².